The number of sulfonamides is 1. The number of likely N-dealkylation sites (N-methyl/N-ethyl adjacent to an activating group) is 1. The van der Waals surface area contributed by atoms with Crippen LogP contribution in [0.4, 0.5) is 10.1 Å². The van der Waals surface area contributed by atoms with Crippen molar-refractivity contribution in [3.8, 4) is 6.07 Å². The minimum Gasteiger partial charge on any atom is -0.378 e. The van der Waals surface area contributed by atoms with Crippen molar-refractivity contribution in [2.24, 2.45) is 0 Å². The van der Waals surface area contributed by atoms with E-state index in [1.54, 1.807) is 0 Å². The first-order valence-corrected chi connectivity index (χ1v) is 16.0. The number of hydrogen-bond donors (Lipinski definition) is 2. The molecule has 0 unspecified atom stereocenters. The molecule has 2 saturated carbocycles. The molecule has 2 aliphatic rings. The molecule has 0 spiro atoms. The zero-order chi connectivity index (χ0) is 27.8. The van der Waals surface area contributed by atoms with Crippen molar-refractivity contribution in [3.63, 3.8) is 0 Å². The summed E-state index contributed by atoms with van der Waals surface area (Å²) in [6.07, 6.45) is 10.4. The number of hydrogen-bond acceptors (Lipinski definition) is 8. The molecule has 2 aliphatic carbocycles. The van der Waals surface area contributed by atoms with Gasteiger partial charge in [0.15, 0.2) is 0 Å². The molecule has 1 amide bonds. The Kier molecular flexibility index (Phi) is 11.3. The van der Waals surface area contributed by atoms with Crippen molar-refractivity contribution in [2.75, 3.05) is 38.8 Å². The smallest absolute Gasteiger partial charge is 0.265 e. The number of carbonyl (C=O) groups excluding carboxylic acids is 1. The van der Waals surface area contributed by atoms with Crippen LogP contribution in [0.25, 0.3) is 0 Å². The van der Waals surface area contributed by atoms with Crippen LogP contribution >= 0.6 is 11.8 Å². The second-order valence-electron chi connectivity index (χ2n) is 10.7. The first-order chi connectivity index (χ1) is 18.1. The maximum Gasteiger partial charge on any atom is 0.265 e. The summed E-state index contributed by atoms with van der Waals surface area (Å²) in [5.74, 6) is -0.693. The van der Waals surface area contributed by atoms with E-state index in [9.17, 15) is 18.5 Å². The van der Waals surface area contributed by atoms with Crippen molar-refractivity contribution in [2.45, 2.75) is 92.4 Å². The summed E-state index contributed by atoms with van der Waals surface area (Å²) < 4.78 is 48.9. The Morgan fingerprint density at radius 2 is 1.87 bits per heavy atom. The van der Waals surface area contributed by atoms with Gasteiger partial charge in [-0.1, -0.05) is 38.5 Å². The van der Waals surface area contributed by atoms with Gasteiger partial charge in [0.1, 0.15) is 17.5 Å². The van der Waals surface area contributed by atoms with Gasteiger partial charge >= 0.3 is 0 Å². The average molecular weight is 569 g/mol. The molecule has 3 rings (SSSR count). The van der Waals surface area contributed by atoms with E-state index in [2.05, 4.69) is 10.0 Å². The molecular formula is C27H41FN4O4S2. The predicted octanol–water partition coefficient (Wildman–Crippen LogP) is 4.65. The zero-order valence-electron chi connectivity index (χ0n) is 22.7. The normalized spacial score (nSPS) is 19.1. The number of nitrogens with one attached hydrogen (secondary N) is 2. The van der Waals surface area contributed by atoms with Crippen LogP contribution in [0.5, 0.6) is 0 Å². The number of thioether (sulfide) groups is 1. The van der Waals surface area contributed by atoms with Crippen LogP contribution in [0.15, 0.2) is 17.0 Å². The van der Waals surface area contributed by atoms with E-state index < -0.39 is 32.2 Å². The Hall–Kier alpha value is -1.87. The number of nitrogens with zero attached hydrogens (tertiary/aromatic N) is 2. The van der Waals surface area contributed by atoms with E-state index in [0.717, 1.165) is 43.6 Å². The highest BCUT2D eigenvalue weighted by Gasteiger charge is 2.41. The largest absolute Gasteiger partial charge is 0.378 e. The minimum atomic E-state index is -4.41. The van der Waals surface area contributed by atoms with Gasteiger partial charge in [-0.3, -0.25) is 4.79 Å². The lowest BCUT2D eigenvalue weighted by atomic mass is 9.84. The molecule has 1 aromatic rings. The number of ether oxygens (including phenoxy) is 1. The van der Waals surface area contributed by atoms with Gasteiger partial charge in [0.25, 0.3) is 15.9 Å². The zero-order valence-corrected chi connectivity index (χ0v) is 24.4. The lowest BCUT2D eigenvalue weighted by Crippen LogP contribution is -2.51. The minimum absolute atomic E-state index is 0.0204. The standard InChI is InChI=1S/C27H41FN4O4S2/c1-32(2)19-21(12-15-37-22-10-6-4-7-11-22)30-25-20(18-29)16-23(17-24(25)28)38(34,35)31-26(33)27(36-3)13-8-5-9-14-27/h16-17,21-22,30H,4-15,19H2,1-3H3,(H,31,33)/t21-/m1/s1. The van der Waals surface area contributed by atoms with Crippen LogP contribution in [-0.2, 0) is 19.6 Å². The van der Waals surface area contributed by atoms with Gasteiger partial charge in [-0.2, -0.15) is 17.0 Å². The topological polar surface area (TPSA) is 112 Å². The van der Waals surface area contributed by atoms with Gasteiger partial charge < -0.3 is 15.0 Å². The Morgan fingerprint density at radius 1 is 1.21 bits per heavy atom. The summed E-state index contributed by atoms with van der Waals surface area (Å²) in [6.45, 7) is 0.630. The van der Waals surface area contributed by atoms with Crippen molar-refractivity contribution in [3.05, 3.63) is 23.5 Å². The van der Waals surface area contributed by atoms with Gasteiger partial charge in [0.2, 0.25) is 0 Å². The molecule has 2 fully saturated rings. The van der Waals surface area contributed by atoms with E-state index in [0.29, 0.717) is 24.6 Å². The number of benzene rings is 1. The maximum atomic E-state index is 15.3. The highest BCUT2D eigenvalue weighted by molar-refractivity contribution is 7.99. The third-order valence-corrected chi connectivity index (χ3v) is 10.2. The Labute approximate surface area is 231 Å². The van der Waals surface area contributed by atoms with Gasteiger partial charge in [-0.15, -0.1) is 0 Å². The van der Waals surface area contributed by atoms with Gasteiger partial charge in [-0.05, 0) is 64.1 Å². The van der Waals surface area contributed by atoms with E-state index in [4.69, 9.17) is 4.74 Å². The van der Waals surface area contributed by atoms with Crippen molar-refractivity contribution >= 4 is 33.4 Å². The highest BCUT2D eigenvalue weighted by atomic mass is 32.2. The summed E-state index contributed by atoms with van der Waals surface area (Å²) in [7, 11) is 0.844. The molecule has 8 nitrogen and oxygen atoms in total. The molecule has 0 aromatic heterocycles. The summed E-state index contributed by atoms with van der Waals surface area (Å²) in [5, 5.41) is 13.6. The molecule has 0 aliphatic heterocycles. The maximum absolute atomic E-state index is 15.3. The van der Waals surface area contributed by atoms with Crippen LogP contribution in [0.2, 0.25) is 0 Å². The second kappa shape index (κ2) is 14.0. The molecule has 212 valence electrons. The van der Waals surface area contributed by atoms with Crippen LogP contribution in [-0.4, -0.2) is 69.6 Å². The van der Waals surface area contributed by atoms with Gasteiger partial charge in [0.05, 0.1) is 16.1 Å². The Morgan fingerprint density at radius 3 is 2.47 bits per heavy atom. The molecule has 0 heterocycles. The molecule has 2 N–H and O–H groups in total. The number of halogens is 1. The van der Waals surface area contributed by atoms with Crippen LogP contribution in [0, 0.1) is 17.1 Å². The van der Waals surface area contributed by atoms with E-state index >= 15 is 4.39 Å². The average Bonchev–Trinajstić information content (AvgIpc) is 2.89. The Balaban J connectivity index is 1.75. The van der Waals surface area contributed by atoms with Crippen molar-refractivity contribution in [1.29, 1.82) is 5.26 Å². The van der Waals surface area contributed by atoms with Crippen molar-refractivity contribution in [1.82, 2.24) is 9.62 Å². The van der Waals surface area contributed by atoms with E-state index in [-0.39, 0.29) is 17.3 Å². The fraction of sp³-hybridized carbons (Fsp3) is 0.704. The number of carbonyl (C=O) groups is 1. The van der Waals surface area contributed by atoms with E-state index in [1.165, 1.54) is 39.2 Å². The molecule has 38 heavy (non-hydrogen) atoms. The van der Waals surface area contributed by atoms with Gasteiger partial charge in [-0.25, -0.2) is 17.5 Å². The van der Waals surface area contributed by atoms with Crippen LogP contribution < -0.4 is 10.0 Å². The number of nitriles is 1. The van der Waals surface area contributed by atoms with Crippen LogP contribution in [0.1, 0.15) is 76.2 Å². The quantitative estimate of drug-likeness (QED) is 0.375. The summed E-state index contributed by atoms with van der Waals surface area (Å²) in [6, 6.07) is 3.78. The number of anilines is 1. The van der Waals surface area contributed by atoms with Gasteiger partial charge in [0, 0.05) is 24.9 Å². The molecule has 1 atom stereocenters. The summed E-state index contributed by atoms with van der Waals surface area (Å²) in [5.41, 5.74) is -1.37. The SMILES string of the molecule is COC1(C(=O)NS(=O)(=O)c2cc(F)c(N[C@H](CCSC3CCCCC3)CN(C)C)c(C#N)c2)CCCCC1. The second-order valence-corrected chi connectivity index (χ2v) is 13.7. The molecule has 0 radical (unpaired) electrons. The number of methoxy groups -OCH3 is 1. The molecular weight excluding hydrogens is 527 g/mol. The van der Waals surface area contributed by atoms with Crippen LogP contribution in [0.3, 0.4) is 0 Å². The van der Waals surface area contributed by atoms with E-state index in [1.807, 2.05) is 36.8 Å². The molecule has 1 aromatic carbocycles. The molecule has 0 bridgehead atoms. The first-order valence-electron chi connectivity index (χ1n) is 13.5. The molecule has 11 heteroatoms. The summed E-state index contributed by atoms with van der Waals surface area (Å²) >= 11 is 1.96. The third kappa shape index (κ3) is 8.07. The lowest BCUT2D eigenvalue weighted by molar-refractivity contribution is -0.145. The first kappa shape index (κ1) is 30.7. The molecule has 0 saturated heterocycles. The lowest BCUT2D eigenvalue weighted by Gasteiger charge is -2.34. The number of amides is 1. The summed E-state index contributed by atoms with van der Waals surface area (Å²) in [4.78, 5) is 14.4. The highest BCUT2D eigenvalue weighted by Crippen LogP contribution is 2.33. The monoisotopic (exact) mass is 568 g/mol. The fourth-order valence-corrected chi connectivity index (χ4v) is 7.86. The fourth-order valence-electron chi connectivity index (χ4n) is 5.36. The van der Waals surface area contributed by atoms with Crippen molar-refractivity contribution < 1.29 is 22.3 Å². The third-order valence-electron chi connectivity index (χ3n) is 7.49. The predicted molar refractivity (Wildman–Crippen MR) is 149 cm³/mol. The number of rotatable bonds is 12. The Bertz CT molecular complexity index is 1100.